The number of carbonyl (C=O) groups is 1. The third kappa shape index (κ3) is 10.2. The highest BCUT2D eigenvalue weighted by atomic mass is 16.5. The normalized spacial score (nSPS) is 8.40. The van der Waals surface area contributed by atoms with Crippen molar-refractivity contribution in [1.82, 2.24) is 0 Å². The van der Waals surface area contributed by atoms with E-state index in [0.29, 0.717) is 0 Å². The van der Waals surface area contributed by atoms with Crippen molar-refractivity contribution in [2.24, 2.45) is 4.99 Å². The van der Waals surface area contributed by atoms with Crippen LogP contribution in [0.1, 0.15) is 20.8 Å². The van der Waals surface area contributed by atoms with Crippen LogP contribution in [0, 0.1) is 0 Å². The molecule has 0 amide bonds. The van der Waals surface area contributed by atoms with Crippen molar-refractivity contribution in [2.45, 2.75) is 20.8 Å². The average Bonchev–Trinajstić information content (AvgIpc) is 2.04. The zero-order valence-corrected chi connectivity index (χ0v) is 7.05. The summed E-state index contributed by atoms with van der Waals surface area (Å²) >= 11 is 0. The molecule has 0 aliphatic carbocycles. The Morgan fingerprint density at radius 2 is 2.10 bits per heavy atom. The highest BCUT2D eigenvalue weighted by Gasteiger charge is 1.92. The third-order valence-corrected chi connectivity index (χ3v) is 0.631. The summed E-state index contributed by atoms with van der Waals surface area (Å²) in [5, 5.41) is 0. The highest BCUT2D eigenvalue weighted by Crippen LogP contribution is 1.72. The molecular formula is C7H15NO2. The Morgan fingerprint density at radius 3 is 2.40 bits per heavy atom. The second kappa shape index (κ2) is 11.0. The molecule has 3 heteroatoms. The maximum atomic E-state index is 10.2. The van der Waals surface area contributed by atoms with Gasteiger partial charge in [-0.1, -0.05) is 13.8 Å². The van der Waals surface area contributed by atoms with Crippen LogP contribution in [0.4, 0.5) is 0 Å². The van der Waals surface area contributed by atoms with Crippen LogP contribution < -0.4 is 0 Å². The Morgan fingerprint density at radius 1 is 1.60 bits per heavy atom. The van der Waals surface area contributed by atoms with E-state index in [-0.39, 0.29) is 12.5 Å². The largest absolute Gasteiger partial charge is 0.468 e. The van der Waals surface area contributed by atoms with Gasteiger partial charge in [0.25, 0.3) is 0 Å². The lowest BCUT2D eigenvalue weighted by Crippen LogP contribution is -2.03. The SMILES string of the molecule is CC.CC=NCC(=O)OC. The lowest BCUT2D eigenvalue weighted by molar-refractivity contribution is -0.138. The van der Waals surface area contributed by atoms with Crippen LogP contribution in [0.5, 0.6) is 0 Å². The van der Waals surface area contributed by atoms with Gasteiger partial charge in [-0.2, -0.15) is 0 Å². The number of hydrogen-bond donors (Lipinski definition) is 0. The molecule has 0 aromatic heterocycles. The smallest absolute Gasteiger partial charge is 0.327 e. The number of hydrogen-bond acceptors (Lipinski definition) is 3. The summed E-state index contributed by atoms with van der Waals surface area (Å²) in [5.41, 5.74) is 0. The standard InChI is InChI=1S/C5H9NO2.C2H6/c1-3-6-4-5(7)8-2;1-2/h3H,4H2,1-2H3;1-2H3. The van der Waals surface area contributed by atoms with Crippen LogP contribution in [0.2, 0.25) is 0 Å². The van der Waals surface area contributed by atoms with E-state index in [4.69, 9.17) is 0 Å². The quantitative estimate of drug-likeness (QED) is 0.433. The number of carbonyl (C=O) groups excluding carboxylic acids is 1. The molecule has 0 spiro atoms. The summed E-state index contributed by atoms with van der Waals surface area (Å²) in [6.07, 6.45) is 1.57. The van der Waals surface area contributed by atoms with Gasteiger partial charge in [-0.05, 0) is 13.1 Å². The lowest BCUT2D eigenvalue weighted by Gasteiger charge is -1.89. The molecule has 0 rings (SSSR count). The van der Waals surface area contributed by atoms with Crippen molar-refractivity contribution < 1.29 is 9.53 Å². The topological polar surface area (TPSA) is 38.7 Å². The molecule has 0 aromatic carbocycles. The average molecular weight is 145 g/mol. The fourth-order valence-electron chi connectivity index (χ4n) is 0.230. The Labute approximate surface area is 62.1 Å². The first-order valence-electron chi connectivity index (χ1n) is 3.32. The minimum absolute atomic E-state index is 0.132. The predicted octanol–water partition coefficient (Wildman–Crippen LogP) is 1.28. The molecule has 10 heavy (non-hydrogen) atoms. The maximum Gasteiger partial charge on any atom is 0.327 e. The fraction of sp³-hybridized carbons (Fsp3) is 0.714. The number of methoxy groups -OCH3 is 1. The molecule has 0 fully saturated rings. The molecule has 3 nitrogen and oxygen atoms in total. The summed E-state index contributed by atoms with van der Waals surface area (Å²) in [4.78, 5) is 13.9. The van der Waals surface area contributed by atoms with Gasteiger partial charge in [-0.3, -0.25) is 9.79 Å². The molecule has 0 aromatic rings. The van der Waals surface area contributed by atoms with Crippen molar-refractivity contribution in [3.05, 3.63) is 0 Å². The first kappa shape index (κ1) is 11.9. The fourth-order valence-corrected chi connectivity index (χ4v) is 0.230. The first-order valence-corrected chi connectivity index (χ1v) is 3.32. The zero-order chi connectivity index (χ0) is 8.41. The van der Waals surface area contributed by atoms with Gasteiger partial charge in [0, 0.05) is 0 Å². The monoisotopic (exact) mass is 145 g/mol. The van der Waals surface area contributed by atoms with Crippen molar-refractivity contribution in [2.75, 3.05) is 13.7 Å². The molecule has 60 valence electrons. The van der Waals surface area contributed by atoms with Crippen LogP contribution in [0.15, 0.2) is 4.99 Å². The van der Waals surface area contributed by atoms with Gasteiger partial charge >= 0.3 is 5.97 Å². The Kier molecular flexibility index (Phi) is 13.1. The number of rotatable bonds is 2. The third-order valence-electron chi connectivity index (χ3n) is 0.631. The van der Waals surface area contributed by atoms with Gasteiger partial charge < -0.3 is 4.74 Å². The van der Waals surface area contributed by atoms with Gasteiger partial charge in [0.05, 0.1) is 7.11 Å². The first-order chi connectivity index (χ1) is 4.81. The van der Waals surface area contributed by atoms with E-state index >= 15 is 0 Å². The number of ether oxygens (including phenoxy) is 1. The van der Waals surface area contributed by atoms with Gasteiger partial charge in [0.15, 0.2) is 0 Å². The van der Waals surface area contributed by atoms with E-state index in [1.54, 1.807) is 13.1 Å². The maximum absolute atomic E-state index is 10.2. The number of esters is 1. The molecule has 0 unspecified atom stereocenters. The van der Waals surface area contributed by atoms with Crippen LogP contribution in [-0.2, 0) is 9.53 Å². The van der Waals surface area contributed by atoms with Crippen molar-refractivity contribution in [3.8, 4) is 0 Å². The van der Waals surface area contributed by atoms with Crippen molar-refractivity contribution in [3.63, 3.8) is 0 Å². The molecule has 0 aliphatic rings. The predicted molar refractivity (Wildman–Crippen MR) is 42.4 cm³/mol. The molecule has 0 saturated carbocycles. The van der Waals surface area contributed by atoms with E-state index in [2.05, 4.69) is 9.73 Å². The van der Waals surface area contributed by atoms with Gasteiger partial charge in [-0.15, -0.1) is 0 Å². The summed E-state index contributed by atoms with van der Waals surface area (Å²) in [7, 11) is 1.34. The van der Waals surface area contributed by atoms with Crippen molar-refractivity contribution >= 4 is 12.2 Å². The second-order valence-electron chi connectivity index (χ2n) is 1.18. The zero-order valence-electron chi connectivity index (χ0n) is 7.05. The van der Waals surface area contributed by atoms with Gasteiger partial charge in [0.1, 0.15) is 6.54 Å². The molecule has 0 bridgehead atoms. The second-order valence-corrected chi connectivity index (χ2v) is 1.18. The Hall–Kier alpha value is -0.860. The molecular weight excluding hydrogens is 130 g/mol. The van der Waals surface area contributed by atoms with E-state index in [1.807, 2.05) is 13.8 Å². The molecule has 0 N–H and O–H groups in total. The Balaban J connectivity index is 0. The van der Waals surface area contributed by atoms with Gasteiger partial charge in [-0.25, -0.2) is 0 Å². The summed E-state index contributed by atoms with van der Waals surface area (Å²) in [6.45, 7) is 5.88. The van der Waals surface area contributed by atoms with Crippen LogP contribution in [0.3, 0.4) is 0 Å². The van der Waals surface area contributed by atoms with E-state index in [1.165, 1.54) is 7.11 Å². The molecule has 0 radical (unpaired) electrons. The molecule has 0 aliphatic heterocycles. The Bertz CT molecular complexity index is 99.8. The molecule has 0 atom stereocenters. The van der Waals surface area contributed by atoms with Crippen LogP contribution >= 0.6 is 0 Å². The molecule has 0 heterocycles. The van der Waals surface area contributed by atoms with Crippen LogP contribution in [0.25, 0.3) is 0 Å². The lowest BCUT2D eigenvalue weighted by atomic mass is 10.7. The number of aliphatic imine (C=N–C) groups is 1. The summed E-state index contributed by atoms with van der Waals surface area (Å²) in [5.74, 6) is -0.303. The number of nitrogens with zero attached hydrogens (tertiary/aromatic N) is 1. The minimum Gasteiger partial charge on any atom is -0.468 e. The van der Waals surface area contributed by atoms with Crippen LogP contribution in [-0.4, -0.2) is 25.8 Å². The van der Waals surface area contributed by atoms with E-state index < -0.39 is 0 Å². The van der Waals surface area contributed by atoms with Crippen molar-refractivity contribution in [1.29, 1.82) is 0 Å². The minimum atomic E-state index is -0.303. The van der Waals surface area contributed by atoms with Gasteiger partial charge in [0.2, 0.25) is 0 Å². The molecule has 0 saturated heterocycles. The summed E-state index contributed by atoms with van der Waals surface area (Å²) < 4.78 is 4.30. The van der Waals surface area contributed by atoms with E-state index in [0.717, 1.165) is 0 Å². The highest BCUT2D eigenvalue weighted by molar-refractivity contribution is 5.73. The summed E-state index contributed by atoms with van der Waals surface area (Å²) in [6, 6.07) is 0. The van der Waals surface area contributed by atoms with E-state index in [9.17, 15) is 4.79 Å².